The normalized spacial score (nSPS) is 13.6. The maximum Gasteiger partial charge on any atom is 0.325 e. The van der Waals surface area contributed by atoms with Gasteiger partial charge in [0.25, 0.3) is 0 Å². The SMILES string of the molecule is COC(=O)C(C)(C)NC(C)c1cscn1. The van der Waals surface area contributed by atoms with Gasteiger partial charge in [-0.3, -0.25) is 10.1 Å². The monoisotopic (exact) mass is 228 g/mol. The Morgan fingerprint density at radius 2 is 2.33 bits per heavy atom. The third kappa shape index (κ3) is 3.00. The van der Waals surface area contributed by atoms with Crippen molar-refractivity contribution in [2.24, 2.45) is 0 Å². The molecule has 0 fully saturated rings. The maximum absolute atomic E-state index is 11.4. The summed E-state index contributed by atoms with van der Waals surface area (Å²) in [6.45, 7) is 5.56. The van der Waals surface area contributed by atoms with Gasteiger partial charge in [-0.15, -0.1) is 11.3 Å². The number of aromatic nitrogens is 1. The van der Waals surface area contributed by atoms with Gasteiger partial charge in [-0.25, -0.2) is 4.98 Å². The highest BCUT2D eigenvalue weighted by molar-refractivity contribution is 7.07. The highest BCUT2D eigenvalue weighted by atomic mass is 32.1. The number of nitrogens with zero attached hydrogens (tertiary/aromatic N) is 1. The van der Waals surface area contributed by atoms with Gasteiger partial charge in [0.05, 0.1) is 18.3 Å². The van der Waals surface area contributed by atoms with Crippen LogP contribution in [-0.4, -0.2) is 23.6 Å². The first-order valence-corrected chi connectivity index (χ1v) is 5.66. The molecule has 1 aromatic rings. The van der Waals surface area contributed by atoms with Crippen molar-refractivity contribution in [3.63, 3.8) is 0 Å². The van der Waals surface area contributed by atoms with E-state index in [2.05, 4.69) is 10.3 Å². The summed E-state index contributed by atoms with van der Waals surface area (Å²) in [6.07, 6.45) is 0. The largest absolute Gasteiger partial charge is 0.468 e. The van der Waals surface area contributed by atoms with E-state index in [1.165, 1.54) is 7.11 Å². The lowest BCUT2D eigenvalue weighted by Crippen LogP contribution is -2.48. The van der Waals surface area contributed by atoms with Crippen molar-refractivity contribution in [2.75, 3.05) is 7.11 Å². The van der Waals surface area contributed by atoms with Gasteiger partial charge < -0.3 is 4.74 Å². The molecule has 15 heavy (non-hydrogen) atoms. The number of methoxy groups -OCH3 is 1. The van der Waals surface area contributed by atoms with Crippen molar-refractivity contribution < 1.29 is 9.53 Å². The fourth-order valence-electron chi connectivity index (χ4n) is 1.37. The molecule has 1 atom stereocenters. The van der Waals surface area contributed by atoms with Gasteiger partial charge in [-0.1, -0.05) is 0 Å². The van der Waals surface area contributed by atoms with Gasteiger partial charge in [-0.05, 0) is 20.8 Å². The zero-order valence-corrected chi connectivity index (χ0v) is 10.2. The predicted octanol–water partition coefficient (Wildman–Crippen LogP) is 1.75. The average molecular weight is 228 g/mol. The van der Waals surface area contributed by atoms with E-state index < -0.39 is 5.54 Å². The maximum atomic E-state index is 11.4. The number of thiazole rings is 1. The number of hydrogen-bond donors (Lipinski definition) is 1. The van der Waals surface area contributed by atoms with Crippen LogP contribution in [0.5, 0.6) is 0 Å². The minimum atomic E-state index is -0.697. The summed E-state index contributed by atoms with van der Waals surface area (Å²) in [4.78, 5) is 15.6. The lowest BCUT2D eigenvalue weighted by Gasteiger charge is -2.26. The van der Waals surface area contributed by atoms with E-state index in [4.69, 9.17) is 4.74 Å². The van der Waals surface area contributed by atoms with Crippen LogP contribution in [0, 0.1) is 0 Å². The first-order chi connectivity index (χ1) is 6.97. The third-order valence-electron chi connectivity index (χ3n) is 2.17. The fraction of sp³-hybridized carbons (Fsp3) is 0.600. The standard InChI is InChI=1S/C10H16N2O2S/c1-7(8-5-15-6-11-8)12-10(2,3)9(13)14-4/h5-7,12H,1-4H3. The first kappa shape index (κ1) is 12.1. The van der Waals surface area contributed by atoms with Crippen molar-refractivity contribution >= 4 is 17.3 Å². The van der Waals surface area contributed by atoms with E-state index in [0.29, 0.717) is 0 Å². The number of carbonyl (C=O) groups is 1. The Bertz CT molecular complexity index is 322. The molecule has 1 rings (SSSR count). The van der Waals surface area contributed by atoms with Gasteiger partial charge >= 0.3 is 5.97 Å². The van der Waals surface area contributed by atoms with E-state index in [-0.39, 0.29) is 12.0 Å². The molecule has 0 spiro atoms. The molecule has 0 saturated carbocycles. The Labute approximate surface area is 93.7 Å². The zero-order valence-electron chi connectivity index (χ0n) is 9.40. The van der Waals surface area contributed by atoms with E-state index in [1.54, 1.807) is 30.7 Å². The summed E-state index contributed by atoms with van der Waals surface area (Å²) in [7, 11) is 1.39. The van der Waals surface area contributed by atoms with Crippen LogP contribution < -0.4 is 5.32 Å². The van der Waals surface area contributed by atoms with Gasteiger partial charge in [-0.2, -0.15) is 0 Å². The minimum Gasteiger partial charge on any atom is -0.468 e. The van der Waals surface area contributed by atoms with Crippen LogP contribution in [0.25, 0.3) is 0 Å². The molecular formula is C10H16N2O2S. The molecule has 1 unspecified atom stereocenters. The van der Waals surface area contributed by atoms with Crippen molar-refractivity contribution in [1.82, 2.24) is 10.3 Å². The number of ether oxygens (including phenoxy) is 1. The van der Waals surface area contributed by atoms with Crippen LogP contribution in [0.1, 0.15) is 32.5 Å². The molecular weight excluding hydrogens is 212 g/mol. The number of carbonyl (C=O) groups excluding carboxylic acids is 1. The van der Waals surface area contributed by atoms with Crippen LogP contribution in [0.4, 0.5) is 0 Å². The summed E-state index contributed by atoms with van der Waals surface area (Å²) in [6, 6.07) is 0.0327. The number of nitrogens with one attached hydrogen (secondary N) is 1. The van der Waals surface area contributed by atoms with Crippen LogP contribution in [0.2, 0.25) is 0 Å². The molecule has 0 aliphatic carbocycles. The van der Waals surface area contributed by atoms with Crippen molar-refractivity contribution in [3.8, 4) is 0 Å². The summed E-state index contributed by atoms with van der Waals surface area (Å²) in [5.41, 5.74) is 2.02. The minimum absolute atomic E-state index is 0.0327. The molecule has 0 aromatic carbocycles. The molecule has 0 amide bonds. The summed E-state index contributed by atoms with van der Waals surface area (Å²) >= 11 is 1.54. The van der Waals surface area contributed by atoms with Gasteiger partial charge in [0.1, 0.15) is 5.54 Å². The van der Waals surface area contributed by atoms with Crippen LogP contribution in [0.3, 0.4) is 0 Å². The molecule has 4 nitrogen and oxygen atoms in total. The Morgan fingerprint density at radius 3 is 2.80 bits per heavy atom. The quantitative estimate of drug-likeness (QED) is 0.798. The zero-order chi connectivity index (χ0) is 11.5. The van der Waals surface area contributed by atoms with Crippen LogP contribution >= 0.6 is 11.3 Å². The highest BCUT2D eigenvalue weighted by Gasteiger charge is 2.30. The van der Waals surface area contributed by atoms with Crippen molar-refractivity contribution in [3.05, 3.63) is 16.6 Å². The highest BCUT2D eigenvalue weighted by Crippen LogP contribution is 2.16. The van der Waals surface area contributed by atoms with Crippen LogP contribution in [0.15, 0.2) is 10.9 Å². The lowest BCUT2D eigenvalue weighted by molar-refractivity contribution is -0.147. The van der Waals surface area contributed by atoms with Crippen LogP contribution in [-0.2, 0) is 9.53 Å². The summed E-state index contributed by atoms with van der Waals surface area (Å²) in [5, 5.41) is 5.14. The second-order valence-corrected chi connectivity index (χ2v) is 4.61. The van der Waals surface area contributed by atoms with Gasteiger partial charge in [0.15, 0.2) is 0 Å². The molecule has 0 radical (unpaired) electrons. The number of hydrogen-bond acceptors (Lipinski definition) is 5. The molecule has 0 aliphatic heterocycles. The molecule has 84 valence electrons. The molecule has 1 heterocycles. The average Bonchev–Trinajstić information content (AvgIpc) is 2.68. The Kier molecular flexibility index (Phi) is 3.82. The first-order valence-electron chi connectivity index (χ1n) is 4.71. The lowest BCUT2D eigenvalue weighted by atomic mass is 10.0. The Hall–Kier alpha value is -0.940. The predicted molar refractivity (Wildman–Crippen MR) is 59.8 cm³/mol. The third-order valence-corrected chi connectivity index (χ3v) is 2.77. The second-order valence-electron chi connectivity index (χ2n) is 3.90. The summed E-state index contributed by atoms with van der Waals surface area (Å²) in [5.74, 6) is -0.274. The molecule has 1 N–H and O–H groups in total. The van der Waals surface area contributed by atoms with Crippen molar-refractivity contribution in [1.29, 1.82) is 0 Å². The smallest absolute Gasteiger partial charge is 0.325 e. The second kappa shape index (κ2) is 4.72. The van der Waals surface area contributed by atoms with Gasteiger partial charge in [0.2, 0.25) is 0 Å². The molecule has 0 saturated heterocycles. The van der Waals surface area contributed by atoms with Crippen molar-refractivity contribution in [2.45, 2.75) is 32.4 Å². The summed E-state index contributed by atoms with van der Waals surface area (Å²) < 4.78 is 4.71. The fourth-order valence-corrected chi connectivity index (χ4v) is 2.01. The number of rotatable bonds is 4. The molecule has 0 aliphatic rings. The molecule has 1 aromatic heterocycles. The van der Waals surface area contributed by atoms with E-state index >= 15 is 0 Å². The Balaban J connectivity index is 2.65. The Morgan fingerprint density at radius 1 is 1.67 bits per heavy atom. The van der Waals surface area contributed by atoms with E-state index in [1.807, 2.05) is 12.3 Å². The van der Waals surface area contributed by atoms with E-state index in [0.717, 1.165) is 5.69 Å². The molecule has 0 bridgehead atoms. The number of esters is 1. The molecule has 5 heteroatoms. The van der Waals surface area contributed by atoms with E-state index in [9.17, 15) is 4.79 Å². The van der Waals surface area contributed by atoms with Gasteiger partial charge in [0, 0.05) is 11.4 Å². The topological polar surface area (TPSA) is 51.2 Å².